The summed E-state index contributed by atoms with van der Waals surface area (Å²) in [6, 6.07) is 5.89. The molecule has 0 aromatic heterocycles. The molecule has 1 aliphatic rings. The Morgan fingerprint density at radius 3 is 2.93 bits per heavy atom. The van der Waals surface area contributed by atoms with E-state index in [1.807, 2.05) is 18.2 Å². The van der Waals surface area contributed by atoms with Gasteiger partial charge in [-0.05, 0) is 17.2 Å². The van der Waals surface area contributed by atoms with Crippen molar-refractivity contribution in [1.29, 1.82) is 0 Å². The molecule has 1 aromatic carbocycles. The second-order valence-corrected chi connectivity index (χ2v) is 3.59. The number of carbonyl (C=O) groups excluding carboxylic acids is 1. The molecule has 0 fully saturated rings. The van der Waals surface area contributed by atoms with Crippen molar-refractivity contribution in [2.24, 2.45) is 5.73 Å². The quantitative estimate of drug-likeness (QED) is 0.710. The second kappa shape index (κ2) is 3.63. The number of hydrogen-bond acceptors (Lipinski definition) is 3. The van der Waals surface area contributed by atoms with Crippen LogP contribution in [-0.2, 0) is 17.8 Å². The van der Waals surface area contributed by atoms with Crippen molar-refractivity contribution in [3.8, 4) is 0 Å². The summed E-state index contributed by atoms with van der Waals surface area (Å²) in [6.45, 7) is 0.516. The lowest BCUT2D eigenvalue weighted by molar-refractivity contribution is -0.117. The molecule has 1 heterocycles. The van der Waals surface area contributed by atoms with E-state index in [1.54, 1.807) is 4.90 Å². The molecule has 0 aliphatic carbocycles. The highest BCUT2D eigenvalue weighted by atomic mass is 32.1. The third kappa shape index (κ3) is 1.40. The molecule has 3 nitrogen and oxygen atoms in total. The molecule has 0 bridgehead atoms. The van der Waals surface area contributed by atoms with Crippen LogP contribution in [0.15, 0.2) is 18.2 Å². The van der Waals surface area contributed by atoms with E-state index in [9.17, 15) is 4.79 Å². The molecule has 2 rings (SSSR count). The van der Waals surface area contributed by atoms with Crippen LogP contribution in [0.2, 0.25) is 0 Å². The van der Waals surface area contributed by atoms with Crippen molar-refractivity contribution in [2.75, 3.05) is 10.8 Å². The standard InChI is InChI=1S/C10H12N2OS/c11-5-7-1-2-9-8(3-7)4-10(13)12(9)6-14/h1-3,14H,4-6,11H2. The Kier molecular flexibility index (Phi) is 2.48. The van der Waals surface area contributed by atoms with Crippen LogP contribution in [0.5, 0.6) is 0 Å². The number of hydrogen-bond donors (Lipinski definition) is 2. The van der Waals surface area contributed by atoms with Gasteiger partial charge in [-0.3, -0.25) is 4.79 Å². The SMILES string of the molecule is NCc1ccc2c(c1)CC(=O)N2CS. The molecule has 1 aliphatic heterocycles. The number of fused-ring (bicyclic) bond motifs is 1. The smallest absolute Gasteiger partial charge is 0.232 e. The summed E-state index contributed by atoms with van der Waals surface area (Å²) in [5.74, 6) is 0.553. The molecule has 2 N–H and O–H groups in total. The van der Waals surface area contributed by atoms with Crippen LogP contribution in [0.25, 0.3) is 0 Å². The van der Waals surface area contributed by atoms with E-state index in [0.717, 1.165) is 16.8 Å². The van der Waals surface area contributed by atoms with Crippen molar-refractivity contribution >= 4 is 24.2 Å². The molecule has 0 saturated heterocycles. The highest BCUT2D eigenvalue weighted by Gasteiger charge is 2.25. The highest BCUT2D eigenvalue weighted by molar-refractivity contribution is 7.80. The maximum Gasteiger partial charge on any atom is 0.232 e. The minimum absolute atomic E-state index is 0.115. The second-order valence-electron chi connectivity index (χ2n) is 3.31. The van der Waals surface area contributed by atoms with Crippen molar-refractivity contribution in [1.82, 2.24) is 0 Å². The van der Waals surface area contributed by atoms with Crippen molar-refractivity contribution in [2.45, 2.75) is 13.0 Å². The van der Waals surface area contributed by atoms with Crippen LogP contribution < -0.4 is 10.6 Å². The molecule has 1 aromatic rings. The molecule has 4 heteroatoms. The van der Waals surface area contributed by atoms with Gasteiger partial charge in [0.25, 0.3) is 0 Å². The lowest BCUT2D eigenvalue weighted by atomic mass is 10.1. The minimum Gasteiger partial charge on any atom is -0.326 e. The Morgan fingerprint density at radius 1 is 1.50 bits per heavy atom. The van der Waals surface area contributed by atoms with E-state index < -0.39 is 0 Å². The largest absolute Gasteiger partial charge is 0.326 e. The van der Waals surface area contributed by atoms with Crippen molar-refractivity contribution < 1.29 is 4.79 Å². The number of nitrogens with two attached hydrogens (primary N) is 1. The predicted octanol–water partition coefficient (Wildman–Crippen LogP) is 0.922. The molecule has 0 saturated carbocycles. The highest BCUT2D eigenvalue weighted by Crippen LogP contribution is 2.29. The molecule has 74 valence electrons. The zero-order chi connectivity index (χ0) is 10.1. The Hall–Kier alpha value is -1.00. The molecule has 0 atom stereocenters. The Balaban J connectivity index is 2.42. The van der Waals surface area contributed by atoms with E-state index in [2.05, 4.69) is 12.6 Å². The Bertz CT molecular complexity index is 378. The van der Waals surface area contributed by atoms with E-state index in [4.69, 9.17) is 5.73 Å². The monoisotopic (exact) mass is 208 g/mol. The van der Waals surface area contributed by atoms with E-state index in [-0.39, 0.29) is 5.91 Å². The van der Waals surface area contributed by atoms with E-state index in [1.165, 1.54) is 0 Å². The number of anilines is 1. The van der Waals surface area contributed by atoms with Crippen LogP contribution in [0.4, 0.5) is 5.69 Å². The normalized spacial score (nSPS) is 14.7. The van der Waals surface area contributed by atoms with Crippen molar-refractivity contribution in [3.05, 3.63) is 29.3 Å². The van der Waals surface area contributed by atoms with Crippen LogP contribution in [0.1, 0.15) is 11.1 Å². The number of amides is 1. The predicted molar refractivity (Wildman–Crippen MR) is 59.4 cm³/mol. The van der Waals surface area contributed by atoms with Crippen LogP contribution in [0, 0.1) is 0 Å². The first-order chi connectivity index (χ1) is 6.76. The summed E-state index contributed by atoms with van der Waals surface area (Å²) in [4.78, 5) is 13.2. The van der Waals surface area contributed by atoms with Gasteiger partial charge in [-0.1, -0.05) is 12.1 Å². The number of thiol groups is 1. The molecule has 0 unspecified atom stereocenters. The van der Waals surface area contributed by atoms with Gasteiger partial charge < -0.3 is 10.6 Å². The first kappa shape index (κ1) is 9.55. The topological polar surface area (TPSA) is 46.3 Å². The number of carbonyl (C=O) groups is 1. The van der Waals surface area contributed by atoms with Crippen LogP contribution in [0.3, 0.4) is 0 Å². The fourth-order valence-corrected chi connectivity index (χ4v) is 2.03. The molecule has 0 radical (unpaired) electrons. The van der Waals surface area contributed by atoms with Gasteiger partial charge in [0.2, 0.25) is 5.91 Å². The first-order valence-corrected chi connectivity index (χ1v) is 5.12. The minimum atomic E-state index is 0.115. The van der Waals surface area contributed by atoms with Gasteiger partial charge in [0, 0.05) is 12.2 Å². The Labute approximate surface area is 88.3 Å². The number of nitrogens with zero attached hydrogens (tertiary/aromatic N) is 1. The van der Waals surface area contributed by atoms with Gasteiger partial charge >= 0.3 is 0 Å². The average Bonchev–Trinajstić information content (AvgIpc) is 2.51. The number of benzene rings is 1. The summed E-state index contributed by atoms with van der Waals surface area (Å²) >= 11 is 4.13. The molecule has 1 amide bonds. The van der Waals surface area contributed by atoms with Crippen molar-refractivity contribution in [3.63, 3.8) is 0 Å². The number of rotatable bonds is 2. The van der Waals surface area contributed by atoms with Gasteiger partial charge in [-0.2, -0.15) is 12.6 Å². The summed E-state index contributed by atoms with van der Waals surface area (Å²) in [6.07, 6.45) is 0.476. The maximum atomic E-state index is 11.5. The zero-order valence-corrected chi connectivity index (χ0v) is 8.63. The maximum absolute atomic E-state index is 11.5. The van der Waals surface area contributed by atoms with Gasteiger partial charge in [0.15, 0.2) is 0 Å². The van der Waals surface area contributed by atoms with Gasteiger partial charge in [-0.15, -0.1) is 0 Å². The van der Waals surface area contributed by atoms with E-state index in [0.29, 0.717) is 18.8 Å². The lowest BCUT2D eigenvalue weighted by Gasteiger charge is -2.13. The lowest BCUT2D eigenvalue weighted by Crippen LogP contribution is -2.24. The first-order valence-electron chi connectivity index (χ1n) is 4.49. The van der Waals surface area contributed by atoms with Crippen LogP contribution in [-0.4, -0.2) is 11.8 Å². The van der Waals surface area contributed by atoms with Gasteiger partial charge in [0.05, 0.1) is 12.3 Å². The van der Waals surface area contributed by atoms with Gasteiger partial charge in [-0.25, -0.2) is 0 Å². The van der Waals surface area contributed by atoms with Gasteiger partial charge in [0.1, 0.15) is 0 Å². The van der Waals surface area contributed by atoms with E-state index >= 15 is 0 Å². The zero-order valence-electron chi connectivity index (χ0n) is 7.73. The summed E-state index contributed by atoms with van der Waals surface area (Å²) in [5, 5.41) is 0. The summed E-state index contributed by atoms with van der Waals surface area (Å²) in [7, 11) is 0. The summed E-state index contributed by atoms with van der Waals surface area (Å²) < 4.78 is 0. The molecular formula is C10H12N2OS. The third-order valence-electron chi connectivity index (χ3n) is 2.45. The summed E-state index contributed by atoms with van der Waals surface area (Å²) in [5.41, 5.74) is 8.64. The molecule has 14 heavy (non-hydrogen) atoms. The fraction of sp³-hybridized carbons (Fsp3) is 0.300. The third-order valence-corrected chi connectivity index (χ3v) is 2.74. The Morgan fingerprint density at radius 2 is 2.29 bits per heavy atom. The molecular weight excluding hydrogens is 196 g/mol. The fourth-order valence-electron chi connectivity index (χ4n) is 1.72. The molecule has 0 spiro atoms. The average molecular weight is 208 g/mol. The van der Waals surface area contributed by atoms with Crippen LogP contribution >= 0.6 is 12.6 Å².